The van der Waals surface area contributed by atoms with Gasteiger partial charge in [-0.05, 0) is 43.4 Å². The normalized spacial score (nSPS) is 19.4. The van der Waals surface area contributed by atoms with E-state index in [0.717, 1.165) is 35.3 Å². The van der Waals surface area contributed by atoms with Crippen molar-refractivity contribution >= 4 is 17.7 Å². The first-order valence-electron chi connectivity index (χ1n) is 10.1. The van der Waals surface area contributed by atoms with Crippen molar-refractivity contribution in [2.24, 2.45) is 5.92 Å². The quantitative estimate of drug-likeness (QED) is 0.682. The van der Waals surface area contributed by atoms with Crippen molar-refractivity contribution in [3.05, 3.63) is 35.7 Å². The van der Waals surface area contributed by atoms with Gasteiger partial charge < -0.3 is 14.6 Å². The molecule has 0 bridgehead atoms. The highest BCUT2D eigenvalue weighted by Gasteiger charge is 2.23. The van der Waals surface area contributed by atoms with E-state index in [-0.39, 0.29) is 5.91 Å². The number of benzene rings is 1. The molecular weight excluding hydrogens is 372 g/mol. The smallest absolute Gasteiger partial charge is 0.230 e. The Morgan fingerprint density at radius 2 is 2.00 bits per heavy atom. The molecule has 3 rings (SSSR count). The average molecular weight is 403 g/mol. The number of carbonyl (C=O) groups is 1. The first kappa shape index (κ1) is 20.7. The van der Waals surface area contributed by atoms with E-state index in [1.54, 1.807) is 7.11 Å². The third kappa shape index (κ3) is 5.28. The van der Waals surface area contributed by atoms with Crippen LogP contribution in [0, 0.1) is 5.92 Å². The molecule has 0 saturated heterocycles. The first-order chi connectivity index (χ1) is 13.6. The van der Waals surface area contributed by atoms with Crippen LogP contribution in [0.1, 0.15) is 50.9 Å². The zero-order valence-corrected chi connectivity index (χ0v) is 17.8. The third-order valence-corrected chi connectivity index (χ3v) is 6.39. The van der Waals surface area contributed by atoms with Gasteiger partial charge in [0.05, 0.1) is 12.9 Å². The van der Waals surface area contributed by atoms with Gasteiger partial charge in [-0.2, -0.15) is 0 Å². The Morgan fingerprint density at radius 1 is 1.25 bits per heavy atom. The zero-order chi connectivity index (χ0) is 19.9. The maximum Gasteiger partial charge on any atom is 0.230 e. The van der Waals surface area contributed by atoms with E-state index in [2.05, 4.69) is 33.9 Å². The molecule has 1 aliphatic carbocycles. The van der Waals surface area contributed by atoms with Gasteiger partial charge in [0.2, 0.25) is 5.91 Å². The summed E-state index contributed by atoms with van der Waals surface area (Å²) < 4.78 is 7.30. The summed E-state index contributed by atoms with van der Waals surface area (Å²) in [5.74, 6) is 2.79. The lowest BCUT2D eigenvalue weighted by Gasteiger charge is -2.29. The maximum absolute atomic E-state index is 12.4. The summed E-state index contributed by atoms with van der Waals surface area (Å²) in [5.41, 5.74) is 1.16. The minimum Gasteiger partial charge on any atom is -0.497 e. The molecule has 1 saturated carbocycles. The molecule has 1 heterocycles. The largest absolute Gasteiger partial charge is 0.497 e. The van der Waals surface area contributed by atoms with Crippen molar-refractivity contribution in [2.75, 3.05) is 12.9 Å². The van der Waals surface area contributed by atoms with Crippen LogP contribution < -0.4 is 10.1 Å². The molecule has 7 heteroatoms. The number of methoxy groups -OCH3 is 1. The molecule has 1 fully saturated rings. The van der Waals surface area contributed by atoms with Gasteiger partial charge in [0.15, 0.2) is 5.16 Å². The topological polar surface area (TPSA) is 69.0 Å². The van der Waals surface area contributed by atoms with Crippen molar-refractivity contribution in [1.82, 2.24) is 20.1 Å². The second kappa shape index (κ2) is 9.96. The molecule has 0 aliphatic heterocycles. The molecule has 152 valence electrons. The van der Waals surface area contributed by atoms with Crippen LogP contribution >= 0.6 is 11.8 Å². The lowest BCUT2D eigenvalue weighted by atomic mass is 9.86. The second-order valence-corrected chi connectivity index (χ2v) is 8.33. The molecule has 1 aromatic heterocycles. The first-order valence-corrected chi connectivity index (χ1v) is 11.1. The fourth-order valence-electron chi connectivity index (χ4n) is 3.71. The van der Waals surface area contributed by atoms with Crippen LogP contribution in [0.25, 0.3) is 0 Å². The van der Waals surface area contributed by atoms with Crippen LogP contribution in [0.4, 0.5) is 0 Å². The molecular formula is C21H30N4O2S. The predicted molar refractivity (Wildman–Crippen MR) is 112 cm³/mol. The van der Waals surface area contributed by atoms with Crippen LogP contribution in [0.5, 0.6) is 5.75 Å². The van der Waals surface area contributed by atoms with Crippen molar-refractivity contribution in [3.63, 3.8) is 0 Å². The lowest BCUT2D eigenvalue weighted by molar-refractivity contribution is -0.119. The van der Waals surface area contributed by atoms with Gasteiger partial charge in [-0.15, -0.1) is 10.2 Å². The van der Waals surface area contributed by atoms with Gasteiger partial charge in [0, 0.05) is 19.0 Å². The molecule has 6 nitrogen and oxygen atoms in total. The summed E-state index contributed by atoms with van der Waals surface area (Å²) >= 11 is 1.46. The second-order valence-electron chi connectivity index (χ2n) is 7.39. The van der Waals surface area contributed by atoms with Crippen molar-refractivity contribution < 1.29 is 9.53 Å². The molecule has 1 aromatic carbocycles. The molecule has 2 atom stereocenters. The number of hydrogen-bond acceptors (Lipinski definition) is 5. The summed E-state index contributed by atoms with van der Waals surface area (Å²) in [6, 6.07) is 8.30. The number of nitrogens with zero attached hydrogens (tertiary/aromatic N) is 3. The van der Waals surface area contributed by atoms with Crippen LogP contribution in [0.3, 0.4) is 0 Å². The Hall–Kier alpha value is -2.02. The summed E-state index contributed by atoms with van der Waals surface area (Å²) in [4.78, 5) is 12.4. The highest BCUT2D eigenvalue weighted by atomic mass is 32.2. The van der Waals surface area contributed by atoms with E-state index in [0.29, 0.717) is 24.1 Å². The average Bonchev–Trinajstić information content (AvgIpc) is 3.10. The van der Waals surface area contributed by atoms with Gasteiger partial charge in [0.1, 0.15) is 11.6 Å². The number of carbonyl (C=O) groups excluding carboxylic acids is 1. The van der Waals surface area contributed by atoms with Crippen LogP contribution in [-0.2, 0) is 17.8 Å². The number of amides is 1. The van der Waals surface area contributed by atoms with E-state index in [1.807, 2.05) is 24.3 Å². The van der Waals surface area contributed by atoms with E-state index in [9.17, 15) is 4.79 Å². The van der Waals surface area contributed by atoms with E-state index < -0.39 is 0 Å². The summed E-state index contributed by atoms with van der Waals surface area (Å²) in [6.07, 6.45) is 5.49. The number of nitrogens with one attached hydrogen (secondary N) is 1. The van der Waals surface area contributed by atoms with Crippen molar-refractivity contribution in [2.45, 2.75) is 63.7 Å². The van der Waals surface area contributed by atoms with Crippen molar-refractivity contribution in [3.8, 4) is 5.75 Å². The molecule has 28 heavy (non-hydrogen) atoms. The van der Waals surface area contributed by atoms with E-state index in [4.69, 9.17) is 4.74 Å². The third-order valence-electron chi connectivity index (χ3n) is 5.42. The van der Waals surface area contributed by atoms with Crippen molar-refractivity contribution in [1.29, 1.82) is 0 Å². The highest BCUT2D eigenvalue weighted by molar-refractivity contribution is 7.99. The fraction of sp³-hybridized carbons (Fsp3) is 0.571. The summed E-state index contributed by atoms with van der Waals surface area (Å²) in [7, 11) is 1.66. The lowest BCUT2D eigenvalue weighted by Crippen LogP contribution is -2.41. The standard InChI is InChI=1S/C21H30N4O2S/c1-4-25-19(13-16-9-11-17(27-3)12-10-16)23-24-21(25)28-14-20(26)22-18-8-6-5-7-15(18)2/h9-12,15,18H,4-8,13-14H2,1-3H3,(H,22,26)/t15-,18+/m0/s1. The number of ether oxygens (including phenoxy) is 1. The van der Waals surface area contributed by atoms with Crippen LogP contribution in [-0.4, -0.2) is 39.6 Å². The summed E-state index contributed by atoms with van der Waals surface area (Å²) in [6.45, 7) is 5.09. The van der Waals surface area contributed by atoms with E-state index >= 15 is 0 Å². The van der Waals surface area contributed by atoms with Crippen LogP contribution in [0.2, 0.25) is 0 Å². The van der Waals surface area contributed by atoms with Gasteiger partial charge in [-0.1, -0.05) is 43.7 Å². The van der Waals surface area contributed by atoms with Gasteiger partial charge in [-0.3, -0.25) is 4.79 Å². The Balaban J connectivity index is 1.57. The number of aromatic nitrogens is 3. The number of thioether (sulfide) groups is 1. The van der Waals surface area contributed by atoms with Crippen LogP contribution in [0.15, 0.2) is 29.4 Å². The minimum atomic E-state index is 0.0890. The molecule has 1 N–H and O–H groups in total. The molecule has 1 amide bonds. The monoisotopic (exact) mass is 402 g/mol. The predicted octanol–water partition coefficient (Wildman–Crippen LogP) is 3.68. The fourth-order valence-corrected chi connectivity index (χ4v) is 4.54. The molecule has 0 radical (unpaired) electrons. The maximum atomic E-state index is 12.4. The number of hydrogen-bond donors (Lipinski definition) is 1. The molecule has 2 aromatic rings. The SMILES string of the molecule is CCn1c(Cc2ccc(OC)cc2)nnc1SCC(=O)N[C@@H]1CCCC[C@@H]1C. The zero-order valence-electron chi connectivity index (χ0n) is 17.0. The van der Waals surface area contributed by atoms with Gasteiger partial charge in [-0.25, -0.2) is 0 Å². The Bertz CT molecular complexity index is 775. The minimum absolute atomic E-state index is 0.0890. The molecule has 1 aliphatic rings. The highest BCUT2D eigenvalue weighted by Crippen LogP contribution is 2.24. The Morgan fingerprint density at radius 3 is 2.68 bits per heavy atom. The Kier molecular flexibility index (Phi) is 7.36. The molecule has 0 spiro atoms. The molecule has 0 unspecified atom stereocenters. The Labute approximate surface area is 171 Å². The van der Waals surface area contributed by atoms with E-state index in [1.165, 1.54) is 31.0 Å². The van der Waals surface area contributed by atoms with Gasteiger partial charge in [0.25, 0.3) is 0 Å². The number of rotatable bonds is 8. The van der Waals surface area contributed by atoms with Gasteiger partial charge >= 0.3 is 0 Å². The summed E-state index contributed by atoms with van der Waals surface area (Å²) in [5, 5.41) is 12.7.